The molecule has 1 aliphatic rings. The molecule has 1 N–H and O–H groups in total. The molecule has 17 heavy (non-hydrogen) atoms. The lowest BCUT2D eigenvalue weighted by atomic mass is 9.80. The Morgan fingerprint density at radius 2 is 2.12 bits per heavy atom. The van der Waals surface area contributed by atoms with Crippen molar-refractivity contribution in [3.63, 3.8) is 0 Å². The summed E-state index contributed by atoms with van der Waals surface area (Å²) >= 11 is 0. The zero-order chi connectivity index (χ0) is 12.5. The van der Waals surface area contributed by atoms with Gasteiger partial charge < -0.3 is 5.11 Å². The highest BCUT2D eigenvalue weighted by Crippen LogP contribution is 2.31. The summed E-state index contributed by atoms with van der Waals surface area (Å²) < 4.78 is 4.65. The Bertz CT molecular complexity index is 408. The van der Waals surface area contributed by atoms with Crippen molar-refractivity contribution in [2.24, 2.45) is 5.41 Å². The van der Waals surface area contributed by atoms with Crippen LogP contribution in [0.15, 0.2) is 4.63 Å². The van der Waals surface area contributed by atoms with Crippen LogP contribution in [0.1, 0.15) is 31.2 Å². The van der Waals surface area contributed by atoms with E-state index in [4.69, 9.17) is 5.11 Å². The van der Waals surface area contributed by atoms with Gasteiger partial charge in [-0.3, -0.25) is 9.69 Å². The van der Waals surface area contributed by atoms with E-state index in [0.29, 0.717) is 19.4 Å². The van der Waals surface area contributed by atoms with E-state index in [1.807, 2.05) is 13.8 Å². The Hall–Kier alpha value is -1.43. The molecule has 1 aromatic heterocycles. The number of likely N-dealkylation sites (tertiary alicyclic amines) is 1. The van der Waals surface area contributed by atoms with Gasteiger partial charge in [0, 0.05) is 6.54 Å². The zero-order valence-electron chi connectivity index (χ0n) is 10.1. The van der Waals surface area contributed by atoms with Crippen LogP contribution in [0, 0.1) is 12.3 Å². The van der Waals surface area contributed by atoms with Crippen LogP contribution in [0.3, 0.4) is 0 Å². The lowest BCUT2D eigenvalue weighted by Crippen LogP contribution is -2.42. The lowest BCUT2D eigenvalue weighted by molar-refractivity contribution is -0.150. The van der Waals surface area contributed by atoms with Crippen LogP contribution in [0.2, 0.25) is 0 Å². The van der Waals surface area contributed by atoms with Crippen molar-refractivity contribution < 1.29 is 14.5 Å². The summed E-state index contributed by atoms with van der Waals surface area (Å²) in [5, 5.41) is 16.7. The molecule has 0 aliphatic carbocycles. The highest BCUT2D eigenvalue weighted by molar-refractivity contribution is 5.74. The quantitative estimate of drug-likeness (QED) is 0.849. The summed E-state index contributed by atoms with van der Waals surface area (Å²) in [5.41, 5.74) is 1.06. The van der Waals surface area contributed by atoms with Gasteiger partial charge in [0.25, 0.3) is 0 Å². The maximum atomic E-state index is 11.1. The molecule has 0 unspecified atom stereocenters. The molecule has 2 heterocycles. The SMILES string of the molecule is Cc1nonc1CN1CCC(C)(C(=O)O)CC1. The van der Waals surface area contributed by atoms with Crippen molar-refractivity contribution in [2.75, 3.05) is 13.1 Å². The lowest BCUT2D eigenvalue weighted by Gasteiger charge is -2.35. The Morgan fingerprint density at radius 1 is 1.47 bits per heavy atom. The number of piperidine rings is 1. The first kappa shape index (κ1) is 12.0. The minimum absolute atomic E-state index is 0.576. The normalized spacial score (nSPS) is 20.4. The predicted octanol–water partition coefficient (Wildman–Crippen LogP) is 1.06. The fourth-order valence-corrected chi connectivity index (χ4v) is 2.02. The number of aliphatic carboxylic acids is 1. The Labute approximate surface area is 99.6 Å². The minimum atomic E-state index is -0.698. The molecule has 0 aromatic carbocycles. The Morgan fingerprint density at radius 3 is 2.59 bits per heavy atom. The van der Waals surface area contributed by atoms with Crippen LogP contribution < -0.4 is 0 Å². The molecular formula is C11H17N3O3. The molecule has 0 saturated carbocycles. The zero-order valence-corrected chi connectivity index (χ0v) is 10.1. The van der Waals surface area contributed by atoms with E-state index < -0.39 is 11.4 Å². The topological polar surface area (TPSA) is 79.5 Å². The van der Waals surface area contributed by atoms with Crippen LogP contribution in [-0.2, 0) is 11.3 Å². The maximum absolute atomic E-state index is 11.1. The second kappa shape index (κ2) is 4.44. The van der Waals surface area contributed by atoms with E-state index in [2.05, 4.69) is 19.8 Å². The van der Waals surface area contributed by atoms with Gasteiger partial charge in [-0.25, -0.2) is 4.63 Å². The third-order valence-corrected chi connectivity index (χ3v) is 3.60. The third-order valence-electron chi connectivity index (χ3n) is 3.60. The summed E-state index contributed by atoms with van der Waals surface area (Å²) in [6.07, 6.45) is 1.35. The number of carboxylic acid groups (broad SMARTS) is 1. The van der Waals surface area contributed by atoms with E-state index in [1.165, 1.54) is 0 Å². The first-order chi connectivity index (χ1) is 8.01. The van der Waals surface area contributed by atoms with Gasteiger partial charge in [-0.05, 0) is 39.8 Å². The van der Waals surface area contributed by atoms with Gasteiger partial charge in [0.1, 0.15) is 11.4 Å². The molecule has 94 valence electrons. The number of carboxylic acids is 1. The van der Waals surface area contributed by atoms with Gasteiger partial charge in [-0.1, -0.05) is 10.3 Å². The van der Waals surface area contributed by atoms with Crippen molar-refractivity contribution >= 4 is 5.97 Å². The van der Waals surface area contributed by atoms with Gasteiger partial charge in [0.2, 0.25) is 0 Å². The van der Waals surface area contributed by atoms with Crippen molar-refractivity contribution in [1.29, 1.82) is 0 Å². The molecule has 0 radical (unpaired) electrons. The first-order valence-electron chi connectivity index (χ1n) is 5.75. The fourth-order valence-electron chi connectivity index (χ4n) is 2.02. The Balaban J connectivity index is 1.92. The summed E-state index contributed by atoms with van der Waals surface area (Å²) in [6.45, 7) is 5.90. The highest BCUT2D eigenvalue weighted by atomic mass is 16.6. The van der Waals surface area contributed by atoms with E-state index in [1.54, 1.807) is 0 Å². The van der Waals surface area contributed by atoms with Crippen LogP contribution in [0.25, 0.3) is 0 Å². The summed E-state index contributed by atoms with van der Waals surface area (Å²) in [6, 6.07) is 0. The van der Waals surface area contributed by atoms with Crippen molar-refractivity contribution in [1.82, 2.24) is 15.2 Å². The molecule has 6 heteroatoms. The number of carbonyl (C=O) groups is 1. The van der Waals surface area contributed by atoms with Gasteiger partial charge in [0.05, 0.1) is 5.41 Å². The number of aryl methyl sites for hydroxylation is 1. The summed E-state index contributed by atoms with van der Waals surface area (Å²) in [5.74, 6) is -0.698. The summed E-state index contributed by atoms with van der Waals surface area (Å²) in [4.78, 5) is 13.3. The molecule has 1 aromatic rings. The number of hydrogen-bond donors (Lipinski definition) is 1. The van der Waals surface area contributed by atoms with Gasteiger partial charge >= 0.3 is 5.97 Å². The molecule has 0 amide bonds. The van der Waals surface area contributed by atoms with Crippen molar-refractivity contribution in [3.8, 4) is 0 Å². The average Bonchev–Trinajstić information content (AvgIpc) is 2.68. The monoisotopic (exact) mass is 239 g/mol. The van der Waals surface area contributed by atoms with Crippen LogP contribution >= 0.6 is 0 Å². The predicted molar refractivity (Wildman–Crippen MR) is 59.3 cm³/mol. The van der Waals surface area contributed by atoms with E-state index >= 15 is 0 Å². The van der Waals surface area contributed by atoms with Crippen LogP contribution in [-0.4, -0.2) is 39.4 Å². The van der Waals surface area contributed by atoms with Crippen LogP contribution in [0.5, 0.6) is 0 Å². The molecule has 1 aliphatic heterocycles. The van der Waals surface area contributed by atoms with Gasteiger partial charge in [-0.2, -0.15) is 0 Å². The molecule has 1 fully saturated rings. The van der Waals surface area contributed by atoms with Gasteiger partial charge in [0.15, 0.2) is 0 Å². The Kier molecular flexibility index (Phi) is 3.15. The molecular weight excluding hydrogens is 222 g/mol. The number of nitrogens with zero attached hydrogens (tertiary/aromatic N) is 3. The second-order valence-corrected chi connectivity index (χ2v) is 4.94. The largest absolute Gasteiger partial charge is 0.481 e. The third kappa shape index (κ3) is 2.46. The second-order valence-electron chi connectivity index (χ2n) is 4.94. The molecule has 0 bridgehead atoms. The first-order valence-corrected chi connectivity index (χ1v) is 5.75. The van der Waals surface area contributed by atoms with Crippen molar-refractivity contribution in [3.05, 3.63) is 11.4 Å². The van der Waals surface area contributed by atoms with Gasteiger partial charge in [-0.15, -0.1) is 0 Å². The molecule has 0 spiro atoms. The van der Waals surface area contributed by atoms with Crippen molar-refractivity contribution in [2.45, 2.75) is 33.2 Å². The van der Waals surface area contributed by atoms with Crippen LogP contribution in [0.4, 0.5) is 0 Å². The standard InChI is InChI=1S/C11H17N3O3/c1-8-9(13-17-12-8)7-14-5-3-11(2,4-6-14)10(15)16/h3-7H2,1-2H3,(H,15,16). The average molecular weight is 239 g/mol. The summed E-state index contributed by atoms with van der Waals surface area (Å²) in [7, 11) is 0. The smallest absolute Gasteiger partial charge is 0.309 e. The highest BCUT2D eigenvalue weighted by Gasteiger charge is 2.36. The number of hydrogen-bond acceptors (Lipinski definition) is 5. The molecule has 0 atom stereocenters. The maximum Gasteiger partial charge on any atom is 0.309 e. The molecule has 2 rings (SSSR count). The number of aromatic nitrogens is 2. The fraction of sp³-hybridized carbons (Fsp3) is 0.727. The van der Waals surface area contributed by atoms with E-state index in [9.17, 15) is 4.79 Å². The minimum Gasteiger partial charge on any atom is -0.481 e. The van der Waals surface area contributed by atoms with E-state index in [-0.39, 0.29) is 0 Å². The number of rotatable bonds is 3. The molecule has 1 saturated heterocycles. The van der Waals surface area contributed by atoms with E-state index in [0.717, 1.165) is 24.5 Å². The molecule has 6 nitrogen and oxygen atoms in total.